The average molecular weight is 314 g/mol. The van der Waals surface area contributed by atoms with Gasteiger partial charge in [-0.1, -0.05) is 37.3 Å². The highest BCUT2D eigenvalue weighted by atomic mass is 16.2. The molecule has 0 aliphatic heterocycles. The number of hydrogen-bond acceptors (Lipinski definition) is 3. The van der Waals surface area contributed by atoms with Crippen LogP contribution in [0.15, 0.2) is 51.0 Å². The summed E-state index contributed by atoms with van der Waals surface area (Å²) in [6, 6.07) is 11.4. The van der Waals surface area contributed by atoms with E-state index in [0.717, 1.165) is 28.8 Å². The zero-order valence-electron chi connectivity index (χ0n) is 13.7. The van der Waals surface area contributed by atoms with Crippen LogP contribution in [0.4, 0.5) is 5.82 Å². The van der Waals surface area contributed by atoms with Crippen LogP contribution in [0, 0.1) is 0 Å². The normalized spacial score (nSPS) is 11.5. The number of hydrogen-bond donors (Lipinski definition) is 1. The molecule has 2 aromatic rings. The van der Waals surface area contributed by atoms with Gasteiger partial charge in [0.2, 0.25) is 0 Å². The van der Waals surface area contributed by atoms with E-state index in [-0.39, 0.29) is 11.2 Å². The van der Waals surface area contributed by atoms with Crippen LogP contribution in [0.5, 0.6) is 0 Å². The SMILES string of the molecule is CCCC(=NCc1ccccc1)Nc1cc(=O)n(C)c(=O)n1C. The van der Waals surface area contributed by atoms with E-state index in [1.54, 1.807) is 7.05 Å². The van der Waals surface area contributed by atoms with E-state index in [2.05, 4.69) is 17.2 Å². The van der Waals surface area contributed by atoms with Gasteiger partial charge in [-0.15, -0.1) is 0 Å². The molecule has 1 aromatic carbocycles. The molecule has 0 saturated heterocycles. The second-order valence-corrected chi connectivity index (χ2v) is 5.39. The van der Waals surface area contributed by atoms with Crippen LogP contribution in [-0.2, 0) is 20.6 Å². The lowest BCUT2D eigenvalue weighted by atomic mass is 10.2. The molecule has 6 heteroatoms. The van der Waals surface area contributed by atoms with Gasteiger partial charge in [-0.3, -0.25) is 18.9 Å². The molecular weight excluding hydrogens is 292 g/mol. The van der Waals surface area contributed by atoms with Crippen LogP contribution in [0.25, 0.3) is 0 Å². The molecule has 0 atom stereocenters. The van der Waals surface area contributed by atoms with E-state index >= 15 is 0 Å². The lowest BCUT2D eigenvalue weighted by molar-refractivity contribution is 0.693. The zero-order chi connectivity index (χ0) is 16.8. The molecular formula is C17H22N4O2. The Hall–Kier alpha value is -2.63. The van der Waals surface area contributed by atoms with Crippen molar-refractivity contribution in [1.29, 1.82) is 0 Å². The van der Waals surface area contributed by atoms with Crippen molar-refractivity contribution in [2.45, 2.75) is 26.3 Å². The number of amidine groups is 1. The fraction of sp³-hybridized carbons (Fsp3) is 0.353. The maximum Gasteiger partial charge on any atom is 0.332 e. The monoisotopic (exact) mass is 314 g/mol. The van der Waals surface area contributed by atoms with Gasteiger partial charge < -0.3 is 5.32 Å². The van der Waals surface area contributed by atoms with Gasteiger partial charge in [-0.25, -0.2) is 4.79 Å². The number of benzene rings is 1. The Labute approximate surface area is 135 Å². The molecule has 0 amide bonds. The summed E-state index contributed by atoms with van der Waals surface area (Å²) in [7, 11) is 3.09. The lowest BCUT2D eigenvalue weighted by Crippen LogP contribution is -2.38. The number of nitrogens with one attached hydrogen (secondary N) is 1. The second kappa shape index (κ2) is 7.58. The smallest absolute Gasteiger partial charge is 0.330 e. The van der Waals surface area contributed by atoms with E-state index in [1.807, 2.05) is 30.3 Å². The molecule has 1 N–H and O–H groups in total. The second-order valence-electron chi connectivity index (χ2n) is 5.39. The van der Waals surface area contributed by atoms with E-state index in [9.17, 15) is 9.59 Å². The van der Waals surface area contributed by atoms with Crippen molar-refractivity contribution in [3.8, 4) is 0 Å². The lowest BCUT2D eigenvalue weighted by Gasteiger charge is -2.13. The minimum absolute atomic E-state index is 0.338. The predicted molar refractivity (Wildman–Crippen MR) is 93.0 cm³/mol. The third-order valence-corrected chi connectivity index (χ3v) is 3.58. The summed E-state index contributed by atoms with van der Waals surface area (Å²) in [5.41, 5.74) is 0.411. The van der Waals surface area contributed by atoms with Crippen molar-refractivity contribution >= 4 is 11.7 Å². The van der Waals surface area contributed by atoms with Crippen molar-refractivity contribution < 1.29 is 0 Å². The topological polar surface area (TPSA) is 68.4 Å². The third-order valence-electron chi connectivity index (χ3n) is 3.58. The van der Waals surface area contributed by atoms with Gasteiger partial charge in [0.15, 0.2) is 0 Å². The molecule has 0 saturated carbocycles. The van der Waals surface area contributed by atoms with Gasteiger partial charge in [0.25, 0.3) is 5.56 Å². The molecule has 0 spiro atoms. The van der Waals surface area contributed by atoms with Crippen molar-refractivity contribution in [3.05, 3.63) is 62.8 Å². The maximum absolute atomic E-state index is 12.0. The Morgan fingerprint density at radius 3 is 2.48 bits per heavy atom. The molecule has 0 aliphatic rings. The molecule has 0 radical (unpaired) electrons. The van der Waals surface area contributed by atoms with Crippen LogP contribution in [0.1, 0.15) is 25.3 Å². The first-order valence-electron chi connectivity index (χ1n) is 7.64. The Morgan fingerprint density at radius 2 is 1.83 bits per heavy atom. The standard InChI is InChI=1S/C17H22N4O2/c1-4-8-14(18-12-13-9-6-5-7-10-13)19-15-11-16(22)21(3)17(23)20(15)2/h5-7,9-11H,4,8,12H2,1-3H3,(H,18,19). The number of aliphatic imine (C=N–C) groups is 1. The van der Waals surface area contributed by atoms with Gasteiger partial charge in [0, 0.05) is 26.6 Å². The minimum Gasteiger partial charge on any atom is -0.330 e. The molecule has 6 nitrogen and oxygen atoms in total. The zero-order valence-corrected chi connectivity index (χ0v) is 13.7. The van der Waals surface area contributed by atoms with Crippen LogP contribution in [0.2, 0.25) is 0 Å². The molecule has 0 fully saturated rings. The first-order valence-corrected chi connectivity index (χ1v) is 7.64. The molecule has 0 unspecified atom stereocenters. The van der Waals surface area contributed by atoms with Gasteiger partial charge in [-0.2, -0.15) is 0 Å². The van der Waals surface area contributed by atoms with Crippen molar-refractivity contribution in [3.63, 3.8) is 0 Å². The summed E-state index contributed by atoms with van der Waals surface area (Å²) in [4.78, 5) is 28.4. The average Bonchev–Trinajstić information content (AvgIpc) is 2.56. The van der Waals surface area contributed by atoms with E-state index in [4.69, 9.17) is 0 Å². The van der Waals surface area contributed by atoms with Crippen molar-refractivity contribution in [2.75, 3.05) is 5.32 Å². The third kappa shape index (κ3) is 4.18. The number of rotatable bonds is 5. The summed E-state index contributed by atoms with van der Waals surface area (Å²) < 4.78 is 2.49. The summed E-state index contributed by atoms with van der Waals surface area (Å²) in [5.74, 6) is 1.22. The van der Waals surface area contributed by atoms with E-state index in [1.165, 1.54) is 17.7 Å². The molecule has 0 bridgehead atoms. The summed E-state index contributed by atoms with van der Waals surface area (Å²) in [5, 5.41) is 3.13. The largest absolute Gasteiger partial charge is 0.332 e. The number of nitrogens with zero attached hydrogens (tertiary/aromatic N) is 3. The highest BCUT2D eigenvalue weighted by Crippen LogP contribution is 2.06. The molecule has 122 valence electrons. The summed E-state index contributed by atoms with van der Waals surface area (Å²) in [6.07, 6.45) is 1.66. The Kier molecular flexibility index (Phi) is 5.51. The fourth-order valence-corrected chi connectivity index (χ4v) is 2.19. The summed E-state index contributed by atoms with van der Waals surface area (Å²) in [6.45, 7) is 2.62. The Balaban J connectivity index is 2.26. The Bertz CT molecular complexity index is 804. The number of aromatic nitrogens is 2. The van der Waals surface area contributed by atoms with Crippen LogP contribution >= 0.6 is 0 Å². The molecule has 1 heterocycles. The molecule has 0 aliphatic carbocycles. The van der Waals surface area contributed by atoms with Gasteiger partial charge in [-0.05, 0) is 12.0 Å². The molecule has 1 aromatic heterocycles. The van der Waals surface area contributed by atoms with E-state index in [0.29, 0.717) is 12.4 Å². The van der Waals surface area contributed by atoms with Gasteiger partial charge in [0.1, 0.15) is 11.7 Å². The van der Waals surface area contributed by atoms with E-state index < -0.39 is 0 Å². The molecule has 23 heavy (non-hydrogen) atoms. The van der Waals surface area contributed by atoms with Crippen LogP contribution in [-0.4, -0.2) is 15.0 Å². The molecule has 2 rings (SSSR count). The van der Waals surface area contributed by atoms with Crippen LogP contribution < -0.4 is 16.6 Å². The fourth-order valence-electron chi connectivity index (χ4n) is 2.19. The van der Waals surface area contributed by atoms with Crippen molar-refractivity contribution in [1.82, 2.24) is 9.13 Å². The van der Waals surface area contributed by atoms with Gasteiger partial charge in [0.05, 0.1) is 6.54 Å². The van der Waals surface area contributed by atoms with Gasteiger partial charge >= 0.3 is 5.69 Å². The Morgan fingerprint density at radius 1 is 1.13 bits per heavy atom. The first kappa shape index (κ1) is 16.7. The highest BCUT2D eigenvalue weighted by molar-refractivity contribution is 5.94. The van der Waals surface area contributed by atoms with Crippen LogP contribution in [0.3, 0.4) is 0 Å². The van der Waals surface area contributed by atoms with Crippen molar-refractivity contribution in [2.24, 2.45) is 19.1 Å². The summed E-state index contributed by atoms with van der Waals surface area (Å²) >= 11 is 0. The predicted octanol–water partition coefficient (Wildman–Crippen LogP) is 1.89. The maximum atomic E-state index is 12.0. The minimum atomic E-state index is -0.362. The number of anilines is 1. The highest BCUT2D eigenvalue weighted by Gasteiger charge is 2.07. The first-order chi connectivity index (χ1) is 11.0. The quantitative estimate of drug-likeness (QED) is 0.677.